The fraction of sp³-hybridized carbons (Fsp3) is 0.800. The minimum Gasteiger partial charge on any atom is -0.531 e. The molecule has 26 heavy (non-hydrogen) atoms. The molecule has 0 atom stereocenters. The van der Waals surface area contributed by atoms with Crippen LogP contribution in [-0.4, -0.2) is 26.6 Å². The van der Waals surface area contributed by atoms with E-state index in [-0.39, 0.29) is 5.41 Å². The van der Waals surface area contributed by atoms with Gasteiger partial charge in [0.05, 0.1) is 0 Å². The van der Waals surface area contributed by atoms with Gasteiger partial charge < -0.3 is 8.85 Å². The van der Waals surface area contributed by atoms with Crippen molar-refractivity contribution in [1.29, 1.82) is 0 Å². The van der Waals surface area contributed by atoms with Crippen LogP contribution in [0.25, 0.3) is 0 Å². The highest BCUT2D eigenvalue weighted by Gasteiger charge is 2.53. The number of hydrogen-bond acceptors (Lipinski definition) is 4. The number of nitrogens with zero attached hydrogens (tertiary/aromatic N) is 2. The van der Waals surface area contributed by atoms with Crippen molar-refractivity contribution in [3.8, 4) is 11.9 Å². The predicted octanol–water partition coefficient (Wildman–Crippen LogP) is 5.37. The summed E-state index contributed by atoms with van der Waals surface area (Å²) in [6.07, 6.45) is 10.3. The van der Waals surface area contributed by atoms with Crippen LogP contribution in [0.3, 0.4) is 0 Å². The molecular formula is C20H34N2O2Si2. The molecular weight excluding hydrogens is 356 g/mol. The van der Waals surface area contributed by atoms with Crippen LogP contribution in [-0.2, 0) is 5.41 Å². The summed E-state index contributed by atoms with van der Waals surface area (Å²) < 4.78 is 12.6. The minimum atomic E-state index is -1.76. The van der Waals surface area contributed by atoms with Gasteiger partial charge in [-0.1, -0.05) is 0 Å². The molecule has 4 saturated carbocycles. The van der Waals surface area contributed by atoms with Gasteiger partial charge >= 0.3 is 6.01 Å². The lowest BCUT2D eigenvalue weighted by molar-refractivity contribution is -0.00626. The van der Waals surface area contributed by atoms with Crippen molar-refractivity contribution in [3.63, 3.8) is 0 Å². The van der Waals surface area contributed by atoms with E-state index in [1.54, 1.807) is 0 Å². The normalized spacial score (nSPS) is 33.4. The van der Waals surface area contributed by atoms with Crippen molar-refractivity contribution < 1.29 is 8.85 Å². The Morgan fingerprint density at radius 3 is 1.81 bits per heavy atom. The number of hydrogen-bond donors (Lipinski definition) is 0. The van der Waals surface area contributed by atoms with Gasteiger partial charge in [0, 0.05) is 17.2 Å². The topological polar surface area (TPSA) is 44.2 Å². The lowest BCUT2D eigenvalue weighted by Gasteiger charge is -2.57. The molecule has 0 amide bonds. The van der Waals surface area contributed by atoms with E-state index in [4.69, 9.17) is 13.8 Å². The third kappa shape index (κ3) is 3.72. The highest BCUT2D eigenvalue weighted by molar-refractivity contribution is 6.70. The van der Waals surface area contributed by atoms with Crippen LogP contribution in [0.2, 0.25) is 39.3 Å². The lowest BCUT2D eigenvalue weighted by atomic mass is 9.48. The second kappa shape index (κ2) is 6.06. The molecule has 1 aromatic rings. The lowest BCUT2D eigenvalue weighted by Crippen LogP contribution is -2.49. The Morgan fingerprint density at radius 2 is 1.35 bits per heavy atom. The molecule has 4 nitrogen and oxygen atoms in total. The van der Waals surface area contributed by atoms with Gasteiger partial charge in [0.15, 0.2) is 0 Å². The van der Waals surface area contributed by atoms with E-state index in [1.165, 1.54) is 44.1 Å². The van der Waals surface area contributed by atoms with Crippen molar-refractivity contribution in [2.24, 2.45) is 17.8 Å². The van der Waals surface area contributed by atoms with Crippen molar-refractivity contribution in [2.45, 2.75) is 83.2 Å². The average Bonchev–Trinajstić information content (AvgIpc) is 2.41. The first-order chi connectivity index (χ1) is 12.0. The first kappa shape index (κ1) is 18.5. The SMILES string of the molecule is C[Si](C)(C)Oc1ncc(C23CC4CC(CC(C4)C2)C3)c(O[Si](C)(C)C)n1. The maximum atomic E-state index is 6.50. The molecule has 4 aliphatic carbocycles. The molecule has 4 aliphatic rings. The van der Waals surface area contributed by atoms with Crippen LogP contribution >= 0.6 is 0 Å². The molecule has 1 aromatic heterocycles. The van der Waals surface area contributed by atoms with Gasteiger partial charge in [-0.15, -0.1) is 0 Å². The molecule has 0 unspecified atom stereocenters. The van der Waals surface area contributed by atoms with E-state index in [2.05, 4.69) is 50.5 Å². The molecule has 1 heterocycles. The highest BCUT2D eigenvalue weighted by atomic mass is 28.4. The van der Waals surface area contributed by atoms with Crippen LogP contribution in [0.5, 0.6) is 11.9 Å². The van der Waals surface area contributed by atoms with Gasteiger partial charge in [-0.3, -0.25) is 0 Å². The van der Waals surface area contributed by atoms with Crippen LogP contribution in [0.15, 0.2) is 6.20 Å². The minimum absolute atomic E-state index is 0.251. The molecule has 0 aromatic carbocycles. The maximum absolute atomic E-state index is 6.50. The third-order valence-corrected chi connectivity index (χ3v) is 7.74. The van der Waals surface area contributed by atoms with E-state index >= 15 is 0 Å². The smallest absolute Gasteiger partial charge is 0.305 e. The standard InChI is InChI=1S/C20H34N2O2Si2/c1-25(2,3)23-18-17(13-21-19(22-18)24-26(4,5)6)20-10-14-7-15(11-20)9-16(8-14)12-20/h13-16H,7-12H2,1-6H3. The summed E-state index contributed by atoms with van der Waals surface area (Å²) in [4.78, 5) is 9.46. The van der Waals surface area contributed by atoms with E-state index in [0.717, 1.165) is 23.6 Å². The van der Waals surface area contributed by atoms with Crippen molar-refractivity contribution in [2.75, 3.05) is 0 Å². The van der Waals surface area contributed by atoms with Gasteiger partial charge in [0.1, 0.15) is 0 Å². The molecule has 0 N–H and O–H groups in total. The van der Waals surface area contributed by atoms with Gasteiger partial charge in [-0.25, -0.2) is 4.98 Å². The third-order valence-electron chi connectivity index (χ3n) is 6.14. The van der Waals surface area contributed by atoms with Gasteiger partial charge in [-0.05, 0) is 95.6 Å². The molecule has 0 radical (unpaired) electrons. The second-order valence-corrected chi connectivity index (χ2v) is 19.9. The molecule has 0 saturated heterocycles. The highest BCUT2D eigenvalue weighted by Crippen LogP contribution is 2.61. The number of aromatic nitrogens is 2. The van der Waals surface area contributed by atoms with E-state index in [9.17, 15) is 0 Å². The molecule has 6 heteroatoms. The molecule has 0 spiro atoms. The quantitative estimate of drug-likeness (QED) is 0.634. The van der Waals surface area contributed by atoms with Gasteiger partial charge in [0.2, 0.25) is 22.5 Å². The zero-order chi connectivity index (χ0) is 18.7. The number of rotatable bonds is 5. The second-order valence-electron chi connectivity index (χ2n) is 11.0. The summed E-state index contributed by atoms with van der Waals surface area (Å²) in [7, 11) is -3.50. The molecule has 4 fully saturated rings. The Morgan fingerprint density at radius 1 is 0.846 bits per heavy atom. The van der Waals surface area contributed by atoms with Gasteiger partial charge in [0.25, 0.3) is 0 Å². The summed E-state index contributed by atoms with van der Waals surface area (Å²) in [5.41, 5.74) is 1.53. The summed E-state index contributed by atoms with van der Waals surface area (Å²) in [5, 5.41) is 0. The Bertz CT molecular complexity index is 659. The van der Waals surface area contributed by atoms with Crippen LogP contribution in [0, 0.1) is 17.8 Å². The predicted molar refractivity (Wildman–Crippen MR) is 110 cm³/mol. The van der Waals surface area contributed by atoms with Crippen molar-refractivity contribution in [1.82, 2.24) is 9.97 Å². The zero-order valence-corrected chi connectivity index (χ0v) is 19.3. The monoisotopic (exact) mass is 390 g/mol. The Labute approximate surface area is 160 Å². The maximum Gasteiger partial charge on any atom is 0.305 e. The van der Waals surface area contributed by atoms with E-state index < -0.39 is 16.6 Å². The first-order valence-corrected chi connectivity index (χ1v) is 17.1. The molecule has 4 bridgehead atoms. The van der Waals surface area contributed by atoms with E-state index in [0.29, 0.717) is 6.01 Å². The van der Waals surface area contributed by atoms with Gasteiger partial charge in [-0.2, -0.15) is 4.98 Å². The van der Waals surface area contributed by atoms with Crippen LogP contribution in [0.1, 0.15) is 44.1 Å². The molecule has 5 rings (SSSR count). The van der Waals surface area contributed by atoms with Crippen LogP contribution < -0.4 is 8.85 Å². The molecule has 144 valence electrons. The zero-order valence-electron chi connectivity index (χ0n) is 17.3. The Balaban J connectivity index is 1.73. The average molecular weight is 391 g/mol. The summed E-state index contributed by atoms with van der Waals surface area (Å²) in [6.45, 7) is 13.2. The first-order valence-electron chi connectivity index (χ1n) is 10.3. The molecule has 0 aliphatic heterocycles. The van der Waals surface area contributed by atoms with E-state index in [1.807, 2.05) is 0 Å². The summed E-state index contributed by atoms with van der Waals surface area (Å²) in [6, 6.07) is 0.505. The van der Waals surface area contributed by atoms with Crippen molar-refractivity contribution >= 4 is 16.6 Å². The Kier molecular flexibility index (Phi) is 4.31. The summed E-state index contributed by atoms with van der Waals surface area (Å²) >= 11 is 0. The van der Waals surface area contributed by atoms with Crippen molar-refractivity contribution in [3.05, 3.63) is 11.8 Å². The fourth-order valence-electron chi connectivity index (χ4n) is 5.85. The Hall–Kier alpha value is -0.886. The summed E-state index contributed by atoms with van der Waals surface area (Å²) in [5.74, 6) is 3.53. The van der Waals surface area contributed by atoms with Crippen LogP contribution in [0.4, 0.5) is 0 Å². The fourth-order valence-corrected chi connectivity index (χ4v) is 7.23. The largest absolute Gasteiger partial charge is 0.531 e.